The molecule has 2 aromatic rings. The minimum Gasteiger partial charge on any atom is -0.447 e. The van der Waals surface area contributed by atoms with Gasteiger partial charge in [-0.3, -0.25) is 0 Å². The second-order valence-corrected chi connectivity index (χ2v) is 6.55. The molecule has 0 aliphatic carbocycles. The van der Waals surface area contributed by atoms with E-state index < -0.39 is 6.10 Å². The average molecular weight is 286 g/mol. The molecular weight excluding hydrogens is 270 g/mol. The normalized spacial score (nSPS) is 13.8. The fourth-order valence-electron chi connectivity index (χ4n) is 1.52. The first-order valence-corrected chi connectivity index (χ1v) is 7.00. The summed E-state index contributed by atoms with van der Waals surface area (Å²) in [5.41, 5.74) is 1.08. The van der Waals surface area contributed by atoms with Crippen molar-refractivity contribution in [1.82, 2.24) is 4.98 Å². The molecule has 0 bridgehead atoms. The molecule has 2 heterocycles. The minimum atomic E-state index is -0.698. The fourth-order valence-corrected chi connectivity index (χ4v) is 2.73. The Kier molecular flexibility index (Phi) is 3.80. The summed E-state index contributed by atoms with van der Waals surface area (Å²) in [4.78, 5) is 4.54. The molecule has 2 aromatic heterocycles. The second kappa shape index (κ2) is 5.03. The van der Waals surface area contributed by atoms with Crippen LogP contribution in [0.1, 0.15) is 43.3 Å². The van der Waals surface area contributed by atoms with Crippen LogP contribution in [0.3, 0.4) is 0 Å². The molecule has 0 saturated carbocycles. The highest BCUT2D eigenvalue weighted by molar-refractivity contribution is 7.09. The van der Waals surface area contributed by atoms with Crippen LogP contribution in [0.2, 0.25) is 5.22 Å². The molecular formula is C13H16ClNO2S. The minimum absolute atomic E-state index is 0.0354. The Bertz CT molecular complexity index is 527. The van der Waals surface area contributed by atoms with E-state index in [1.54, 1.807) is 23.5 Å². The zero-order valence-corrected chi connectivity index (χ0v) is 12.2. The van der Waals surface area contributed by atoms with Gasteiger partial charge in [0.05, 0.1) is 10.7 Å². The Balaban J connectivity index is 2.08. The van der Waals surface area contributed by atoms with E-state index in [9.17, 15) is 5.11 Å². The first-order valence-electron chi connectivity index (χ1n) is 5.74. The van der Waals surface area contributed by atoms with E-state index in [1.807, 2.05) is 5.38 Å². The number of rotatable bonds is 3. The van der Waals surface area contributed by atoms with E-state index in [0.717, 1.165) is 10.7 Å². The molecule has 0 fully saturated rings. The molecule has 18 heavy (non-hydrogen) atoms. The largest absolute Gasteiger partial charge is 0.447 e. The Morgan fingerprint density at radius 1 is 1.44 bits per heavy atom. The van der Waals surface area contributed by atoms with Crippen LogP contribution in [-0.2, 0) is 11.8 Å². The van der Waals surface area contributed by atoms with Crippen molar-refractivity contribution in [1.29, 1.82) is 0 Å². The van der Waals surface area contributed by atoms with Crippen molar-refractivity contribution in [3.05, 3.63) is 39.2 Å². The Labute approximate surface area is 115 Å². The standard InChI is InChI=1S/C13H16ClNO2S/c1-13(2,3)10-7-18-12(15-10)6-8(16)9-4-5-11(14)17-9/h4-5,7-8,16H,6H2,1-3H3. The van der Waals surface area contributed by atoms with Gasteiger partial charge < -0.3 is 9.52 Å². The molecule has 0 aliphatic rings. The molecule has 2 rings (SSSR count). The predicted molar refractivity (Wildman–Crippen MR) is 73.2 cm³/mol. The highest BCUT2D eigenvalue weighted by Gasteiger charge is 2.20. The van der Waals surface area contributed by atoms with E-state index in [2.05, 4.69) is 25.8 Å². The van der Waals surface area contributed by atoms with Gasteiger partial charge in [-0.05, 0) is 23.7 Å². The average Bonchev–Trinajstić information content (AvgIpc) is 2.85. The van der Waals surface area contributed by atoms with Gasteiger partial charge >= 0.3 is 0 Å². The third-order valence-corrected chi connectivity index (χ3v) is 3.68. The number of aromatic nitrogens is 1. The van der Waals surface area contributed by atoms with Crippen LogP contribution in [-0.4, -0.2) is 10.1 Å². The number of furan rings is 1. The third-order valence-electron chi connectivity index (χ3n) is 2.61. The summed E-state index contributed by atoms with van der Waals surface area (Å²) in [6.45, 7) is 6.36. The smallest absolute Gasteiger partial charge is 0.193 e. The van der Waals surface area contributed by atoms with Crippen molar-refractivity contribution in [2.24, 2.45) is 0 Å². The molecule has 98 valence electrons. The van der Waals surface area contributed by atoms with E-state index in [1.165, 1.54) is 0 Å². The molecule has 0 aromatic carbocycles. The summed E-state index contributed by atoms with van der Waals surface area (Å²) in [5, 5.41) is 13.2. The number of halogens is 1. The van der Waals surface area contributed by atoms with E-state index in [0.29, 0.717) is 17.4 Å². The van der Waals surface area contributed by atoms with Gasteiger partial charge in [-0.2, -0.15) is 0 Å². The highest BCUT2D eigenvalue weighted by Crippen LogP contribution is 2.27. The summed E-state index contributed by atoms with van der Waals surface area (Å²) >= 11 is 7.24. The van der Waals surface area contributed by atoms with Crippen LogP contribution in [0, 0.1) is 0 Å². The van der Waals surface area contributed by atoms with Crippen LogP contribution in [0.15, 0.2) is 21.9 Å². The third kappa shape index (κ3) is 3.13. The van der Waals surface area contributed by atoms with Crippen LogP contribution < -0.4 is 0 Å². The molecule has 0 saturated heterocycles. The van der Waals surface area contributed by atoms with E-state index in [-0.39, 0.29) is 5.41 Å². The van der Waals surface area contributed by atoms with Crippen molar-refractivity contribution in [2.75, 3.05) is 0 Å². The molecule has 0 aliphatic heterocycles. The number of aliphatic hydroxyl groups is 1. The van der Waals surface area contributed by atoms with Gasteiger partial charge in [0.2, 0.25) is 0 Å². The van der Waals surface area contributed by atoms with Gasteiger partial charge in [-0.1, -0.05) is 20.8 Å². The van der Waals surface area contributed by atoms with Gasteiger partial charge in [0.25, 0.3) is 0 Å². The molecule has 0 amide bonds. The lowest BCUT2D eigenvalue weighted by atomic mass is 9.93. The number of hydrogen-bond acceptors (Lipinski definition) is 4. The van der Waals surface area contributed by atoms with Gasteiger partial charge in [0.1, 0.15) is 11.9 Å². The van der Waals surface area contributed by atoms with Gasteiger partial charge in [0.15, 0.2) is 5.22 Å². The summed E-state index contributed by atoms with van der Waals surface area (Å²) < 4.78 is 5.18. The first-order chi connectivity index (χ1) is 8.36. The lowest BCUT2D eigenvalue weighted by Gasteiger charge is -2.14. The Hall–Kier alpha value is -0.840. The maximum absolute atomic E-state index is 10.0. The van der Waals surface area contributed by atoms with Crippen molar-refractivity contribution in [3.8, 4) is 0 Å². The van der Waals surface area contributed by atoms with Crippen LogP contribution in [0.25, 0.3) is 0 Å². The van der Waals surface area contributed by atoms with E-state index in [4.69, 9.17) is 16.0 Å². The Morgan fingerprint density at radius 3 is 2.67 bits per heavy atom. The zero-order valence-electron chi connectivity index (χ0n) is 10.6. The van der Waals surface area contributed by atoms with Crippen LogP contribution >= 0.6 is 22.9 Å². The summed E-state index contributed by atoms with van der Waals surface area (Å²) in [6, 6.07) is 3.31. The van der Waals surface area contributed by atoms with E-state index >= 15 is 0 Å². The maximum Gasteiger partial charge on any atom is 0.193 e. The van der Waals surface area contributed by atoms with Crippen molar-refractivity contribution < 1.29 is 9.52 Å². The monoisotopic (exact) mass is 285 g/mol. The second-order valence-electron chi connectivity index (χ2n) is 5.24. The van der Waals surface area contributed by atoms with Gasteiger partial charge in [0, 0.05) is 17.2 Å². The lowest BCUT2D eigenvalue weighted by Crippen LogP contribution is -2.11. The van der Waals surface area contributed by atoms with Crippen LogP contribution in [0.4, 0.5) is 0 Å². The number of thiazole rings is 1. The molecule has 1 N–H and O–H groups in total. The molecule has 5 heteroatoms. The fraction of sp³-hybridized carbons (Fsp3) is 0.462. The van der Waals surface area contributed by atoms with Gasteiger partial charge in [-0.15, -0.1) is 11.3 Å². The molecule has 1 atom stereocenters. The van der Waals surface area contributed by atoms with Crippen molar-refractivity contribution in [3.63, 3.8) is 0 Å². The SMILES string of the molecule is CC(C)(C)c1csc(CC(O)c2ccc(Cl)o2)n1. The van der Waals surface area contributed by atoms with Crippen molar-refractivity contribution >= 4 is 22.9 Å². The maximum atomic E-state index is 10.0. The quantitative estimate of drug-likeness (QED) is 0.928. The van der Waals surface area contributed by atoms with Crippen LogP contribution in [0.5, 0.6) is 0 Å². The highest BCUT2D eigenvalue weighted by atomic mass is 35.5. The number of aliphatic hydroxyl groups excluding tert-OH is 1. The van der Waals surface area contributed by atoms with Gasteiger partial charge in [-0.25, -0.2) is 4.98 Å². The molecule has 0 radical (unpaired) electrons. The summed E-state index contributed by atoms with van der Waals surface area (Å²) in [7, 11) is 0. The topological polar surface area (TPSA) is 46.3 Å². The zero-order chi connectivity index (χ0) is 13.3. The Morgan fingerprint density at radius 2 is 2.17 bits per heavy atom. The predicted octanol–water partition coefficient (Wildman–Crippen LogP) is 3.96. The lowest BCUT2D eigenvalue weighted by molar-refractivity contribution is 0.150. The molecule has 1 unspecified atom stereocenters. The first kappa shape index (κ1) is 13.6. The summed E-state index contributed by atoms with van der Waals surface area (Å²) in [5.74, 6) is 0.479. The van der Waals surface area contributed by atoms with Crippen molar-refractivity contribution in [2.45, 2.75) is 38.7 Å². The summed E-state index contributed by atoms with van der Waals surface area (Å²) in [6.07, 6.45) is -0.249. The number of hydrogen-bond donors (Lipinski definition) is 1. The molecule has 0 spiro atoms. The number of nitrogens with zero attached hydrogens (tertiary/aromatic N) is 1. The molecule has 3 nitrogen and oxygen atoms in total.